The van der Waals surface area contributed by atoms with E-state index in [1.54, 1.807) is 0 Å². The lowest BCUT2D eigenvalue weighted by atomic mass is 9.94. The van der Waals surface area contributed by atoms with Crippen molar-refractivity contribution in [3.05, 3.63) is 146 Å². The van der Waals surface area contributed by atoms with Gasteiger partial charge in [0.2, 0.25) is 0 Å². The van der Waals surface area contributed by atoms with Crippen molar-refractivity contribution in [2.24, 2.45) is 0 Å². The predicted molar refractivity (Wildman–Crippen MR) is 171 cm³/mol. The molecule has 6 aromatic carbocycles. The summed E-state index contributed by atoms with van der Waals surface area (Å²) in [5, 5.41) is 4.87. The van der Waals surface area contributed by atoms with Crippen molar-refractivity contribution in [2.45, 2.75) is 0 Å². The van der Waals surface area contributed by atoms with Crippen LogP contribution in [0.25, 0.3) is 75.8 Å². The summed E-state index contributed by atoms with van der Waals surface area (Å²) in [4.78, 5) is 2.59. The maximum absolute atomic E-state index is 6.12. The Labute approximate surface area is 236 Å². The number of furan rings is 1. The highest BCUT2D eigenvalue weighted by atomic mass is 32.1. The van der Waals surface area contributed by atoms with Crippen LogP contribution in [0.4, 0.5) is 0 Å². The molecule has 8 aromatic rings. The monoisotopic (exact) mass is 528 g/mol. The van der Waals surface area contributed by atoms with Gasteiger partial charge in [-0.3, -0.25) is 0 Å². The third-order valence-electron chi connectivity index (χ3n) is 7.74. The van der Waals surface area contributed by atoms with Crippen molar-refractivity contribution in [1.82, 2.24) is 0 Å². The van der Waals surface area contributed by atoms with Gasteiger partial charge in [-0.1, -0.05) is 127 Å². The van der Waals surface area contributed by atoms with E-state index in [2.05, 4.69) is 133 Å². The van der Waals surface area contributed by atoms with Gasteiger partial charge in [-0.25, -0.2) is 0 Å². The summed E-state index contributed by atoms with van der Waals surface area (Å²) >= 11 is 1.89. The molecule has 0 aliphatic rings. The van der Waals surface area contributed by atoms with Crippen molar-refractivity contribution in [1.29, 1.82) is 0 Å². The quantitative estimate of drug-likeness (QED) is 0.221. The third kappa shape index (κ3) is 3.69. The van der Waals surface area contributed by atoms with Crippen LogP contribution in [0.15, 0.2) is 150 Å². The van der Waals surface area contributed by atoms with E-state index in [9.17, 15) is 0 Å². The van der Waals surface area contributed by atoms with Crippen LogP contribution in [-0.2, 0) is 0 Å². The number of para-hydroxylation sites is 1. The molecule has 8 rings (SSSR count). The first kappa shape index (κ1) is 23.0. The van der Waals surface area contributed by atoms with Gasteiger partial charge < -0.3 is 4.42 Å². The average Bonchev–Trinajstić information content (AvgIpc) is 3.60. The largest absolute Gasteiger partial charge is 0.456 e. The second kappa shape index (κ2) is 9.37. The second-order valence-corrected chi connectivity index (χ2v) is 11.1. The highest BCUT2D eigenvalue weighted by Crippen LogP contribution is 2.48. The Hall–Kier alpha value is -4.92. The number of hydrogen-bond donors (Lipinski definition) is 0. The molecule has 0 amide bonds. The Balaban J connectivity index is 1.35. The molecule has 0 spiro atoms. The number of thiophene rings is 1. The van der Waals surface area contributed by atoms with Crippen LogP contribution in [0.3, 0.4) is 0 Å². The van der Waals surface area contributed by atoms with E-state index in [1.165, 1.54) is 53.9 Å². The van der Waals surface area contributed by atoms with E-state index in [-0.39, 0.29) is 0 Å². The van der Waals surface area contributed by atoms with Gasteiger partial charge >= 0.3 is 0 Å². The van der Waals surface area contributed by atoms with Crippen LogP contribution in [-0.4, -0.2) is 0 Å². The van der Waals surface area contributed by atoms with E-state index in [4.69, 9.17) is 4.42 Å². The average molecular weight is 529 g/mol. The molecule has 0 saturated carbocycles. The zero-order valence-corrected chi connectivity index (χ0v) is 22.5. The molecule has 0 radical (unpaired) electrons. The van der Waals surface area contributed by atoms with Gasteiger partial charge in [-0.15, -0.1) is 11.3 Å². The number of benzene rings is 6. The van der Waals surface area contributed by atoms with Crippen LogP contribution in [0, 0.1) is 0 Å². The predicted octanol–water partition coefficient (Wildman–Crippen LogP) is 11.5. The molecule has 1 nitrogen and oxygen atoms in total. The molecule has 2 heteroatoms. The molecule has 0 aliphatic carbocycles. The minimum absolute atomic E-state index is 0.920. The Kier molecular flexibility index (Phi) is 5.39. The van der Waals surface area contributed by atoms with Crippen molar-refractivity contribution < 1.29 is 4.42 Å². The van der Waals surface area contributed by atoms with Crippen molar-refractivity contribution in [3.63, 3.8) is 0 Å². The summed E-state index contributed by atoms with van der Waals surface area (Å²) in [6.45, 7) is 0. The first-order valence-corrected chi connectivity index (χ1v) is 14.3. The summed E-state index contributed by atoms with van der Waals surface area (Å²) in [6, 6.07) is 51.9. The van der Waals surface area contributed by atoms with Gasteiger partial charge in [-0.2, -0.15) is 0 Å². The Morgan fingerprint density at radius 2 is 0.850 bits per heavy atom. The minimum Gasteiger partial charge on any atom is -0.456 e. The van der Waals surface area contributed by atoms with Gasteiger partial charge in [0.05, 0.1) is 0 Å². The molecule has 40 heavy (non-hydrogen) atoms. The van der Waals surface area contributed by atoms with Gasteiger partial charge in [0.25, 0.3) is 0 Å². The number of fused-ring (bicyclic) bond motifs is 4. The molecule has 2 heterocycles. The fourth-order valence-corrected chi connectivity index (χ4v) is 7.22. The molecule has 0 unspecified atom stereocenters. The van der Waals surface area contributed by atoms with E-state index in [0.29, 0.717) is 0 Å². The standard InChI is InChI=1S/C38H24OS/c1-2-12-25(13-3-1)27-14-4-6-17-30(27)37-32-19-8-9-20-33(32)38(40-37)31-18-7-5-15-28(31)26-22-23-36-34(24-26)29-16-10-11-21-35(29)39-36/h1-24H. The Morgan fingerprint density at radius 3 is 1.52 bits per heavy atom. The van der Waals surface area contributed by atoms with Crippen molar-refractivity contribution >= 4 is 44.0 Å². The third-order valence-corrected chi connectivity index (χ3v) is 9.02. The maximum Gasteiger partial charge on any atom is 0.135 e. The van der Waals surface area contributed by atoms with Gasteiger partial charge in [0.15, 0.2) is 0 Å². The molecule has 0 atom stereocenters. The zero-order valence-electron chi connectivity index (χ0n) is 21.7. The molecule has 0 saturated heterocycles. The molecule has 0 bridgehead atoms. The van der Waals surface area contributed by atoms with Gasteiger partial charge in [0.1, 0.15) is 11.2 Å². The van der Waals surface area contributed by atoms with Crippen LogP contribution >= 0.6 is 11.3 Å². The van der Waals surface area contributed by atoms with Gasteiger partial charge in [0, 0.05) is 42.4 Å². The second-order valence-electron chi connectivity index (χ2n) is 10.1. The SMILES string of the molecule is c1ccc(-c2ccccc2-c2sc(-c3ccccc3-c3ccc4oc5ccccc5c4c3)c3ccccc23)cc1. The minimum atomic E-state index is 0.920. The Morgan fingerprint density at radius 1 is 0.350 bits per heavy atom. The lowest BCUT2D eigenvalue weighted by Crippen LogP contribution is -1.83. The van der Waals surface area contributed by atoms with Crippen LogP contribution in [0.2, 0.25) is 0 Å². The fraction of sp³-hybridized carbons (Fsp3) is 0. The summed E-state index contributed by atoms with van der Waals surface area (Å²) in [6.07, 6.45) is 0. The summed E-state index contributed by atoms with van der Waals surface area (Å²) in [5.74, 6) is 0. The van der Waals surface area contributed by atoms with Gasteiger partial charge in [-0.05, 0) is 40.5 Å². The van der Waals surface area contributed by atoms with Crippen LogP contribution < -0.4 is 0 Å². The normalized spacial score (nSPS) is 11.5. The molecular formula is C38H24OS. The Bertz CT molecular complexity index is 2160. The van der Waals surface area contributed by atoms with E-state index >= 15 is 0 Å². The van der Waals surface area contributed by atoms with Crippen LogP contribution in [0.1, 0.15) is 0 Å². The number of rotatable bonds is 4. The molecular weight excluding hydrogens is 504 g/mol. The van der Waals surface area contributed by atoms with E-state index in [0.717, 1.165) is 21.9 Å². The lowest BCUT2D eigenvalue weighted by molar-refractivity contribution is 0.669. The first-order chi connectivity index (χ1) is 19.8. The van der Waals surface area contributed by atoms with Crippen molar-refractivity contribution in [3.8, 4) is 43.1 Å². The molecule has 0 N–H and O–H groups in total. The number of hydrogen-bond acceptors (Lipinski definition) is 2. The highest BCUT2D eigenvalue weighted by molar-refractivity contribution is 7.21. The van der Waals surface area contributed by atoms with Crippen LogP contribution in [0.5, 0.6) is 0 Å². The molecule has 188 valence electrons. The topological polar surface area (TPSA) is 13.1 Å². The summed E-state index contributed by atoms with van der Waals surface area (Å²) in [5.41, 5.74) is 9.27. The smallest absolute Gasteiger partial charge is 0.135 e. The molecule has 0 aliphatic heterocycles. The van der Waals surface area contributed by atoms with E-state index < -0.39 is 0 Å². The zero-order chi connectivity index (χ0) is 26.5. The van der Waals surface area contributed by atoms with Crippen molar-refractivity contribution in [2.75, 3.05) is 0 Å². The summed E-state index contributed by atoms with van der Waals surface area (Å²) in [7, 11) is 0. The molecule has 0 fully saturated rings. The fourth-order valence-electron chi connectivity index (χ4n) is 5.87. The lowest BCUT2D eigenvalue weighted by Gasteiger charge is -2.10. The molecule has 2 aromatic heterocycles. The summed E-state index contributed by atoms with van der Waals surface area (Å²) < 4.78 is 6.12. The highest BCUT2D eigenvalue weighted by Gasteiger charge is 2.19. The maximum atomic E-state index is 6.12. The van der Waals surface area contributed by atoms with E-state index in [1.807, 2.05) is 23.5 Å². The first-order valence-electron chi connectivity index (χ1n) is 13.5.